The molecule has 0 spiro atoms. The number of halogens is 2. The van der Waals surface area contributed by atoms with Gasteiger partial charge in [-0.15, -0.1) is 0 Å². The van der Waals surface area contributed by atoms with E-state index in [0.717, 1.165) is 56.7 Å². The van der Waals surface area contributed by atoms with Gasteiger partial charge in [-0.2, -0.15) is 9.97 Å². The van der Waals surface area contributed by atoms with Gasteiger partial charge in [0.1, 0.15) is 17.9 Å². The first-order valence-corrected chi connectivity index (χ1v) is 13.8. The molecule has 3 N–H and O–H groups in total. The Morgan fingerprint density at radius 3 is 2.89 bits per heavy atom. The fourth-order valence-electron chi connectivity index (χ4n) is 5.30. The number of para-hydroxylation sites is 1. The van der Waals surface area contributed by atoms with Crippen LogP contribution >= 0.6 is 22.9 Å². The maximum absolute atomic E-state index is 16.4. The Balaban J connectivity index is 1.50. The lowest BCUT2D eigenvalue weighted by molar-refractivity contribution is 0.188. The largest absolute Gasteiger partial charge is 0.462 e. The second-order valence-electron chi connectivity index (χ2n) is 9.66. The summed E-state index contributed by atoms with van der Waals surface area (Å²) < 4.78 is 23.4. The van der Waals surface area contributed by atoms with Crippen LogP contribution in [0.2, 0.25) is 5.02 Å². The summed E-state index contributed by atoms with van der Waals surface area (Å²) in [6.45, 7) is 4.79. The smallest absolute Gasteiger partial charge is 0.319 e. The van der Waals surface area contributed by atoms with E-state index >= 15 is 4.39 Å². The monoisotopic (exact) mass is 541 g/mol. The van der Waals surface area contributed by atoms with Gasteiger partial charge in [-0.1, -0.05) is 35.1 Å². The van der Waals surface area contributed by atoms with Crippen molar-refractivity contribution in [3.05, 3.63) is 35.1 Å². The molecule has 4 aromatic rings. The zero-order valence-corrected chi connectivity index (χ0v) is 22.2. The molecule has 11 heteroatoms. The molecule has 8 nitrogen and oxygen atoms in total. The zero-order chi connectivity index (χ0) is 25.5. The number of nitrogens with one attached hydrogen (secondary N) is 1. The minimum absolute atomic E-state index is 0.184. The molecule has 2 saturated heterocycles. The van der Waals surface area contributed by atoms with Crippen LogP contribution in [0.1, 0.15) is 19.3 Å². The van der Waals surface area contributed by atoms with Gasteiger partial charge in [0.15, 0.2) is 10.9 Å². The predicted molar refractivity (Wildman–Crippen MR) is 148 cm³/mol. The van der Waals surface area contributed by atoms with Crippen molar-refractivity contribution in [1.29, 1.82) is 0 Å². The number of aromatic nitrogens is 3. The van der Waals surface area contributed by atoms with Crippen LogP contribution in [0.3, 0.4) is 0 Å². The molecule has 2 aliphatic rings. The molecule has 37 heavy (non-hydrogen) atoms. The van der Waals surface area contributed by atoms with E-state index in [2.05, 4.69) is 32.1 Å². The van der Waals surface area contributed by atoms with Crippen LogP contribution < -0.4 is 20.7 Å². The first kappa shape index (κ1) is 24.5. The SMILES string of the molecule is CN1CCC[C@H]1COc1nc(N2CCCNCC2)c2cc(Cl)c(-c3cccc4sc(N)nc34)c(F)c2n1. The van der Waals surface area contributed by atoms with Crippen LogP contribution in [-0.2, 0) is 0 Å². The number of benzene rings is 2. The molecule has 194 valence electrons. The topological polar surface area (TPSA) is 92.4 Å². The van der Waals surface area contributed by atoms with Crippen LogP contribution in [0.25, 0.3) is 32.2 Å². The molecule has 0 aliphatic carbocycles. The molecular weight excluding hydrogens is 513 g/mol. The molecule has 1 atom stereocenters. The molecule has 2 aromatic heterocycles. The first-order valence-electron chi connectivity index (χ1n) is 12.6. The van der Waals surface area contributed by atoms with Crippen molar-refractivity contribution in [2.24, 2.45) is 0 Å². The van der Waals surface area contributed by atoms with E-state index in [1.165, 1.54) is 11.3 Å². The van der Waals surface area contributed by atoms with Gasteiger partial charge in [-0.05, 0) is 51.5 Å². The van der Waals surface area contributed by atoms with Crippen molar-refractivity contribution in [1.82, 2.24) is 25.2 Å². The van der Waals surface area contributed by atoms with Crippen molar-refractivity contribution in [2.75, 3.05) is 57.0 Å². The van der Waals surface area contributed by atoms with Gasteiger partial charge >= 0.3 is 6.01 Å². The third kappa shape index (κ3) is 4.67. The van der Waals surface area contributed by atoms with Crippen molar-refractivity contribution >= 4 is 55.0 Å². The number of hydrogen-bond acceptors (Lipinski definition) is 9. The average Bonchev–Trinajstić information content (AvgIpc) is 3.36. The lowest BCUT2D eigenvalue weighted by atomic mass is 10.0. The Morgan fingerprint density at radius 2 is 2.05 bits per heavy atom. The van der Waals surface area contributed by atoms with Gasteiger partial charge in [0.05, 0.1) is 15.2 Å². The Labute approximate surface area is 223 Å². The number of fused-ring (bicyclic) bond motifs is 2. The number of rotatable bonds is 5. The summed E-state index contributed by atoms with van der Waals surface area (Å²) >= 11 is 8.14. The molecule has 2 aliphatic heterocycles. The maximum Gasteiger partial charge on any atom is 0.319 e. The normalized spacial score (nSPS) is 19.1. The number of nitrogens with zero attached hydrogens (tertiary/aromatic N) is 5. The number of thiazole rings is 1. The van der Waals surface area contributed by atoms with Crippen LogP contribution in [0.5, 0.6) is 6.01 Å². The van der Waals surface area contributed by atoms with Crippen LogP contribution in [0, 0.1) is 5.82 Å². The van der Waals surface area contributed by atoms with Gasteiger partial charge in [-0.25, -0.2) is 9.37 Å². The number of likely N-dealkylation sites (tertiary alicyclic amines) is 1. The Hall–Kier alpha value is -2.79. The highest BCUT2D eigenvalue weighted by molar-refractivity contribution is 7.22. The Bertz CT molecular complexity index is 1460. The van der Waals surface area contributed by atoms with E-state index in [0.29, 0.717) is 40.1 Å². The summed E-state index contributed by atoms with van der Waals surface area (Å²) in [5.41, 5.74) is 7.62. The van der Waals surface area contributed by atoms with E-state index < -0.39 is 5.82 Å². The Morgan fingerprint density at radius 1 is 1.16 bits per heavy atom. The van der Waals surface area contributed by atoms with Crippen LogP contribution in [0.15, 0.2) is 24.3 Å². The van der Waals surface area contributed by atoms with E-state index in [4.69, 9.17) is 27.1 Å². The molecule has 0 bridgehead atoms. The van der Waals surface area contributed by atoms with Gasteiger partial charge in [0.25, 0.3) is 0 Å². The number of nitrogens with two attached hydrogens (primary N) is 1. The van der Waals surface area contributed by atoms with Crippen LogP contribution in [-0.4, -0.2) is 72.3 Å². The lowest BCUT2D eigenvalue weighted by Gasteiger charge is -2.24. The predicted octanol–water partition coefficient (Wildman–Crippen LogP) is 4.55. The van der Waals surface area contributed by atoms with E-state index in [-0.39, 0.29) is 22.1 Å². The summed E-state index contributed by atoms with van der Waals surface area (Å²) in [6, 6.07) is 7.84. The third-order valence-corrected chi connectivity index (χ3v) is 8.41. The van der Waals surface area contributed by atoms with Gasteiger partial charge in [0.2, 0.25) is 0 Å². The summed E-state index contributed by atoms with van der Waals surface area (Å²) in [7, 11) is 2.09. The van der Waals surface area contributed by atoms with Gasteiger partial charge in [0, 0.05) is 42.2 Å². The molecule has 0 unspecified atom stereocenters. The zero-order valence-electron chi connectivity index (χ0n) is 20.6. The Kier molecular flexibility index (Phi) is 6.74. The molecule has 2 fully saturated rings. The van der Waals surface area contributed by atoms with Crippen molar-refractivity contribution < 1.29 is 9.13 Å². The number of likely N-dealkylation sites (N-methyl/N-ethyl adjacent to an activating group) is 1. The molecule has 6 rings (SSSR count). The lowest BCUT2D eigenvalue weighted by Crippen LogP contribution is -2.31. The second kappa shape index (κ2) is 10.2. The standard InChI is InChI=1S/C26H29ClFN7OS/c1-34-10-3-5-15(34)14-36-26-32-23-17(24(33-26)35-11-4-8-30-9-12-35)13-18(27)20(21(23)28)16-6-2-7-19-22(16)31-25(29)37-19/h2,6-7,13,15,30H,3-5,8-12,14H2,1H3,(H2,29,31)/t15-/m0/s1. The van der Waals surface area contributed by atoms with Crippen molar-refractivity contribution in [3.8, 4) is 17.1 Å². The van der Waals surface area contributed by atoms with E-state index in [1.54, 1.807) is 6.07 Å². The highest BCUT2D eigenvalue weighted by atomic mass is 35.5. The van der Waals surface area contributed by atoms with E-state index in [1.807, 2.05) is 18.2 Å². The van der Waals surface area contributed by atoms with E-state index in [9.17, 15) is 0 Å². The number of nitrogen functional groups attached to an aromatic ring is 1. The first-order chi connectivity index (χ1) is 18.0. The summed E-state index contributed by atoms with van der Waals surface area (Å²) in [5.74, 6) is 0.132. The summed E-state index contributed by atoms with van der Waals surface area (Å²) in [4.78, 5) is 18.3. The summed E-state index contributed by atoms with van der Waals surface area (Å²) in [6.07, 6.45) is 3.15. The molecule has 2 aromatic carbocycles. The highest BCUT2D eigenvalue weighted by Crippen LogP contribution is 2.42. The highest BCUT2D eigenvalue weighted by Gasteiger charge is 2.26. The maximum atomic E-state index is 16.4. The fourth-order valence-corrected chi connectivity index (χ4v) is 6.35. The molecule has 0 amide bonds. The van der Waals surface area contributed by atoms with Crippen LogP contribution in [0.4, 0.5) is 15.3 Å². The molecule has 0 saturated carbocycles. The minimum atomic E-state index is -0.513. The van der Waals surface area contributed by atoms with Gasteiger partial charge < -0.3 is 25.6 Å². The van der Waals surface area contributed by atoms with Crippen molar-refractivity contribution in [3.63, 3.8) is 0 Å². The average molecular weight is 542 g/mol. The minimum Gasteiger partial charge on any atom is -0.462 e. The van der Waals surface area contributed by atoms with Gasteiger partial charge in [-0.3, -0.25) is 0 Å². The third-order valence-electron chi connectivity index (χ3n) is 7.26. The molecular formula is C26H29ClFN7OS. The number of hydrogen-bond donors (Lipinski definition) is 2. The van der Waals surface area contributed by atoms with Crippen molar-refractivity contribution in [2.45, 2.75) is 25.3 Å². The molecule has 4 heterocycles. The quantitative estimate of drug-likeness (QED) is 0.380. The second-order valence-corrected chi connectivity index (χ2v) is 11.1. The number of anilines is 2. The number of ether oxygens (including phenoxy) is 1. The fraction of sp³-hybridized carbons (Fsp3) is 0.423. The summed E-state index contributed by atoms with van der Waals surface area (Å²) in [5, 5.41) is 4.69. The molecule has 0 radical (unpaired) electrons.